The first-order chi connectivity index (χ1) is 11.7. The Labute approximate surface area is 142 Å². The number of pyridine rings is 1. The number of carbonyl (C=O) groups is 1. The second kappa shape index (κ2) is 5.98. The second-order valence-electron chi connectivity index (χ2n) is 6.54. The average Bonchev–Trinajstić information content (AvgIpc) is 2.53. The van der Waals surface area contributed by atoms with E-state index in [-0.39, 0.29) is 17.3 Å². The van der Waals surface area contributed by atoms with Crippen LogP contribution in [0, 0.1) is 5.41 Å². The molecule has 6 nitrogen and oxygen atoms in total. The maximum Gasteiger partial charge on any atom is 0.435 e. The van der Waals surface area contributed by atoms with Crippen molar-refractivity contribution in [2.75, 3.05) is 11.9 Å². The monoisotopic (exact) mass is 351 g/mol. The van der Waals surface area contributed by atoms with Crippen LogP contribution in [-0.4, -0.2) is 32.7 Å². The van der Waals surface area contributed by atoms with Crippen LogP contribution >= 0.6 is 0 Å². The summed E-state index contributed by atoms with van der Waals surface area (Å²) in [6.07, 6.45) is -1.22. The summed E-state index contributed by atoms with van der Waals surface area (Å²) in [5, 5.41) is 9.00. The third kappa shape index (κ3) is 3.40. The molecule has 0 spiro atoms. The Morgan fingerprint density at radius 1 is 1.28 bits per heavy atom. The lowest BCUT2D eigenvalue weighted by atomic mass is 9.72. The zero-order valence-electron chi connectivity index (χ0n) is 13.6. The summed E-state index contributed by atoms with van der Waals surface area (Å²) in [7, 11) is 0. The van der Waals surface area contributed by atoms with Gasteiger partial charge in [-0.3, -0.25) is 10.3 Å². The van der Waals surface area contributed by atoms with Gasteiger partial charge in [-0.2, -0.15) is 13.2 Å². The van der Waals surface area contributed by atoms with Crippen LogP contribution in [0.4, 0.5) is 23.8 Å². The van der Waals surface area contributed by atoms with E-state index in [1.165, 1.54) is 0 Å². The Morgan fingerprint density at radius 2 is 2.04 bits per heavy atom. The van der Waals surface area contributed by atoms with Gasteiger partial charge < -0.3 is 4.90 Å². The number of amides is 2. The van der Waals surface area contributed by atoms with E-state index in [0.29, 0.717) is 6.54 Å². The van der Waals surface area contributed by atoms with E-state index >= 15 is 0 Å². The highest BCUT2D eigenvalue weighted by Crippen LogP contribution is 2.48. The molecule has 9 heteroatoms. The lowest BCUT2D eigenvalue weighted by Gasteiger charge is -2.54. The lowest BCUT2D eigenvalue weighted by molar-refractivity contribution is -0.141. The predicted molar refractivity (Wildman–Crippen MR) is 83.5 cm³/mol. The molecule has 2 amide bonds. The summed E-state index contributed by atoms with van der Waals surface area (Å²) in [4.78, 5) is 18.1. The normalized spacial score (nSPS) is 19.2. The molecule has 132 valence electrons. The van der Waals surface area contributed by atoms with Crippen LogP contribution in [0.1, 0.15) is 31.1 Å². The van der Waals surface area contributed by atoms with Crippen LogP contribution in [0.2, 0.25) is 0 Å². The number of likely N-dealkylation sites (tertiary alicyclic amines) is 1. The molecular formula is C16H16F3N5O. The standard InChI is InChI=1S/C16H16F3N5O/c1-15(2)9-24(13(15)10-4-3-7-20-8-10)14(25)21-12-6-5-11(22-23-12)16(17,18)19/h3-8,13H,9H2,1-2H3,(H,21,23,25). The molecule has 1 N–H and O–H groups in total. The van der Waals surface area contributed by atoms with Gasteiger partial charge in [0, 0.05) is 24.4 Å². The Bertz CT molecular complexity index is 762. The summed E-state index contributed by atoms with van der Waals surface area (Å²) >= 11 is 0. The zero-order valence-corrected chi connectivity index (χ0v) is 13.6. The van der Waals surface area contributed by atoms with E-state index in [2.05, 4.69) is 20.5 Å². The Morgan fingerprint density at radius 3 is 2.56 bits per heavy atom. The summed E-state index contributed by atoms with van der Waals surface area (Å²) in [5.41, 5.74) is -0.345. The summed E-state index contributed by atoms with van der Waals surface area (Å²) in [6.45, 7) is 4.57. The van der Waals surface area contributed by atoms with E-state index in [9.17, 15) is 18.0 Å². The molecule has 1 aliphatic rings. The molecule has 0 radical (unpaired) electrons. The minimum atomic E-state index is -4.57. The van der Waals surface area contributed by atoms with E-state index in [1.807, 2.05) is 19.9 Å². The predicted octanol–water partition coefficient (Wildman–Crippen LogP) is 3.51. The lowest BCUT2D eigenvalue weighted by Crippen LogP contribution is -2.59. The fourth-order valence-corrected chi connectivity index (χ4v) is 3.02. The van der Waals surface area contributed by atoms with Crippen molar-refractivity contribution in [3.63, 3.8) is 0 Å². The first kappa shape index (κ1) is 17.1. The molecule has 1 aliphatic heterocycles. The smallest absolute Gasteiger partial charge is 0.316 e. The molecule has 2 aromatic heterocycles. The van der Waals surface area contributed by atoms with E-state index in [0.717, 1.165) is 17.7 Å². The number of aromatic nitrogens is 3. The van der Waals surface area contributed by atoms with Crippen molar-refractivity contribution in [2.24, 2.45) is 5.41 Å². The number of hydrogen-bond acceptors (Lipinski definition) is 4. The minimum Gasteiger partial charge on any atom is -0.316 e. The van der Waals surface area contributed by atoms with Crippen molar-refractivity contribution in [3.8, 4) is 0 Å². The third-order valence-electron chi connectivity index (χ3n) is 4.08. The largest absolute Gasteiger partial charge is 0.435 e. The molecule has 0 aromatic carbocycles. The molecule has 1 saturated heterocycles. The van der Waals surface area contributed by atoms with Gasteiger partial charge in [0.15, 0.2) is 11.5 Å². The van der Waals surface area contributed by atoms with Crippen LogP contribution in [0.3, 0.4) is 0 Å². The van der Waals surface area contributed by atoms with Crippen LogP contribution in [0.25, 0.3) is 0 Å². The highest BCUT2D eigenvalue weighted by atomic mass is 19.4. The van der Waals surface area contributed by atoms with Crippen molar-refractivity contribution in [1.82, 2.24) is 20.1 Å². The molecule has 0 bridgehead atoms. The summed E-state index contributed by atoms with van der Waals surface area (Å²) in [5.74, 6) is -0.0346. The first-order valence-corrected chi connectivity index (χ1v) is 7.57. The molecule has 3 rings (SSSR count). The number of halogens is 3. The summed E-state index contributed by atoms with van der Waals surface area (Å²) in [6, 6.07) is 4.92. The number of nitrogens with zero attached hydrogens (tertiary/aromatic N) is 4. The maximum atomic E-state index is 12.5. The summed E-state index contributed by atoms with van der Waals surface area (Å²) < 4.78 is 37.5. The number of rotatable bonds is 2. The number of urea groups is 1. The number of carbonyl (C=O) groups excluding carboxylic acids is 1. The van der Waals surface area contributed by atoms with Crippen molar-refractivity contribution in [3.05, 3.63) is 47.9 Å². The third-order valence-corrected chi connectivity index (χ3v) is 4.08. The number of alkyl halides is 3. The first-order valence-electron chi connectivity index (χ1n) is 7.57. The van der Waals surface area contributed by atoms with Gasteiger partial charge in [0.25, 0.3) is 0 Å². The van der Waals surface area contributed by atoms with E-state index in [1.54, 1.807) is 23.4 Å². The Kier molecular flexibility index (Phi) is 4.09. The van der Waals surface area contributed by atoms with Crippen molar-refractivity contribution in [2.45, 2.75) is 26.1 Å². The van der Waals surface area contributed by atoms with Gasteiger partial charge in [0.2, 0.25) is 0 Å². The van der Waals surface area contributed by atoms with Gasteiger partial charge in [-0.05, 0) is 23.8 Å². The SMILES string of the molecule is CC1(C)CN(C(=O)Nc2ccc(C(F)(F)F)nn2)C1c1cccnc1. The van der Waals surface area contributed by atoms with Crippen molar-refractivity contribution in [1.29, 1.82) is 0 Å². The molecule has 1 unspecified atom stereocenters. The molecular weight excluding hydrogens is 335 g/mol. The van der Waals surface area contributed by atoms with E-state index < -0.39 is 17.9 Å². The fourth-order valence-electron chi connectivity index (χ4n) is 3.02. The minimum absolute atomic E-state index is 0.0346. The quantitative estimate of drug-likeness (QED) is 0.899. The van der Waals surface area contributed by atoms with Crippen LogP contribution < -0.4 is 5.32 Å². The number of nitrogens with one attached hydrogen (secondary N) is 1. The van der Waals surface area contributed by atoms with Gasteiger partial charge in [0.1, 0.15) is 0 Å². The Hall–Kier alpha value is -2.71. The molecule has 1 fully saturated rings. The highest BCUT2D eigenvalue weighted by Gasteiger charge is 2.49. The molecule has 25 heavy (non-hydrogen) atoms. The topological polar surface area (TPSA) is 71.0 Å². The molecule has 0 saturated carbocycles. The van der Waals surface area contributed by atoms with Crippen LogP contribution in [0.5, 0.6) is 0 Å². The maximum absolute atomic E-state index is 12.5. The molecule has 0 aliphatic carbocycles. The second-order valence-corrected chi connectivity index (χ2v) is 6.54. The van der Waals surface area contributed by atoms with Gasteiger partial charge in [-0.15, -0.1) is 10.2 Å². The van der Waals surface area contributed by atoms with Crippen LogP contribution in [0.15, 0.2) is 36.7 Å². The van der Waals surface area contributed by atoms with Crippen LogP contribution in [-0.2, 0) is 6.18 Å². The van der Waals surface area contributed by atoms with Gasteiger partial charge >= 0.3 is 12.2 Å². The zero-order chi connectivity index (χ0) is 18.2. The number of hydrogen-bond donors (Lipinski definition) is 1. The fraction of sp³-hybridized carbons (Fsp3) is 0.375. The molecule has 1 atom stereocenters. The average molecular weight is 351 g/mol. The van der Waals surface area contributed by atoms with Gasteiger partial charge in [-0.25, -0.2) is 4.79 Å². The van der Waals surface area contributed by atoms with Crippen molar-refractivity contribution < 1.29 is 18.0 Å². The van der Waals surface area contributed by atoms with E-state index in [4.69, 9.17) is 0 Å². The highest BCUT2D eigenvalue weighted by molar-refractivity contribution is 5.89. The van der Waals surface area contributed by atoms with Gasteiger partial charge in [0.05, 0.1) is 6.04 Å². The van der Waals surface area contributed by atoms with Crippen molar-refractivity contribution >= 4 is 11.8 Å². The van der Waals surface area contributed by atoms with Gasteiger partial charge in [-0.1, -0.05) is 19.9 Å². The number of anilines is 1. The molecule has 3 heterocycles. The molecule has 2 aromatic rings. The Balaban J connectivity index is 1.73.